The average molecular weight is 367 g/mol. The number of methoxy groups -OCH3 is 2. The molecule has 0 spiro atoms. The summed E-state index contributed by atoms with van der Waals surface area (Å²) in [6.45, 7) is 0.604. The van der Waals surface area contributed by atoms with Crippen molar-refractivity contribution in [2.24, 2.45) is 0 Å². The lowest BCUT2D eigenvalue weighted by atomic mass is 9.93. The van der Waals surface area contributed by atoms with Gasteiger partial charge >= 0.3 is 5.97 Å². The Morgan fingerprint density at radius 2 is 1.81 bits per heavy atom. The molecule has 0 atom stereocenters. The van der Waals surface area contributed by atoms with Crippen LogP contribution in [0.3, 0.4) is 0 Å². The first-order valence-corrected chi connectivity index (χ1v) is 9.17. The van der Waals surface area contributed by atoms with E-state index in [1.807, 2.05) is 6.07 Å². The summed E-state index contributed by atoms with van der Waals surface area (Å²) in [5.74, 6) is 0.146. The van der Waals surface area contributed by atoms with E-state index in [1.165, 1.54) is 30.5 Å². The van der Waals surface area contributed by atoms with Crippen LogP contribution in [0, 0.1) is 5.82 Å². The van der Waals surface area contributed by atoms with Gasteiger partial charge in [0.2, 0.25) is 0 Å². The third-order valence-electron chi connectivity index (χ3n) is 5.36. The van der Waals surface area contributed by atoms with Gasteiger partial charge in [0.1, 0.15) is 11.6 Å². The number of hydrogen-bond acceptors (Lipinski definition) is 3. The van der Waals surface area contributed by atoms with Crippen molar-refractivity contribution >= 4 is 16.9 Å². The van der Waals surface area contributed by atoms with Crippen LogP contribution in [-0.4, -0.2) is 24.8 Å². The fourth-order valence-corrected chi connectivity index (χ4v) is 4.13. The van der Waals surface area contributed by atoms with Gasteiger partial charge in [0, 0.05) is 17.6 Å². The number of benzene rings is 2. The molecule has 1 aromatic heterocycles. The van der Waals surface area contributed by atoms with Gasteiger partial charge < -0.3 is 14.0 Å². The Labute approximate surface area is 157 Å². The third-order valence-corrected chi connectivity index (χ3v) is 5.36. The quantitative estimate of drug-likeness (QED) is 0.638. The minimum absolute atomic E-state index is 0.247. The molecule has 27 heavy (non-hydrogen) atoms. The number of aromatic nitrogens is 1. The van der Waals surface area contributed by atoms with E-state index < -0.39 is 0 Å². The lowest BCUT2D eigenvalue weighted by Crippen LogP contribution is -2.09. The molecule has 4 rings (SSSR count). The minimum Gasteiger partial charge on any atom is -0.495 e. The van der Waals surface area contributed by atoms with Gasteiger partial charge in [-0.3, -0.25) is 0 Å². The highest BCUT2D eigenvalue weighted by molar-refractivity contribution is 6.07. The van der Waals surface area contributed by atoms with Crippen molar-refractivity contribution in [3.05, 3.63) is 64.6 Å². The Hall–Kier alpha value is -2.82. The number of halogens is 1. The Kier molecular flexibility index (Phi) is 4.60. The molecule has 0 radical (unpaired) electrons. The third kappa shape index (κ3) is 2.97. The van der Waals surface area contributed by atoms with E-state index >= 15 is 0 Å². The minimum atomic E-state index is -0.338. The lowest BCUT2D eigenvalue weighted by Gasteiger charge is -2.16. The summed E-state index contributed by atoms with van der Waals surface area (Å²) < 4.78 is 26.2. The van der Waals surface area contributed by atoms with Crippen LogP contribution in [-0.2, 0) is 24.1 Å². The molecule has 0 aliphatic heterocycles. The monoisotopic (exact) mass is 367 g/mol. The van der Waals surface area contributed by atoms with Gasteiger partial charge in [-0.1, -0.05) is 12.1 Å². The average Bonchev–Trinajstić information content (AvgIpc) is 3.03. The zero-order chi connectivity index (χ0) is 19.0. The molecular weight excluding hydrogens is 345 g/mol. The second-order valence-corrected chi connectivity index (χ2v) is 6.88. The SMILES string of the molecule is COC(=O)c1ccc(OC)c2c1c1c(n2Cc2ccc(F)cc2)CCCC1. The summed E-state index contributed by atoms with van der Waals surface area (Å²) >= 11 is 0. The molecule has 0 saturated carbocycles. The van der Waals surface area contributed by atoms with E-state index in [0.717, 1.165) is 47.9 Å². The Bertz CT molecular complexity index is 1000. The van der Waals surface area contributed by atoms with Gasteiger partial charge in [0.15, 0.2) is 0 Å². The van der Waals surface area contributed by atoms with Crippen LogP contribution < -0.4 is 4.74 Å². The van der Waals surface area contributed by atoms with Crippen LogP contribution in [0.1, 0.15) is 40.0 Å². The second kappa shape index (κ2) is 7.06. The summed E-state index contributed by atoms with van der Waals surface area (Å²) in [5.41, 5.74) is 4.93. The van der Waals surface area contributed by atoms with Gasteiger partial charge in [-0.25, -0.2) is 9.18 Å². The largest absolute Gasteiger partial charge is 0.495 e. The van der Waals surface area contributed by atoms with Gasteiger partial charge in [-0.05, 0) is 61.1 Å². The van der Waals surface area contributed by atoms with E-state index in [0.29, 0.717) is 12.1 Å². The first kappa shape index (κ1) is 17.6. The predicted molar refractivity (Wildman–Crippen MR) is 102 cm³/mol. The Morgan fingerprint density at radius 1 is 1.07 bits per heavy atom. The molecule has 0 fully saturated rings. The molecule has 0 bridgehead atoms. The number of carbonyl (C=O) groups is 1. The molecule has 0 N–H and O–H groups in total. The normalized spacial score (nSPS) is 13.4. The standard InChI is InChI=1S/C22H22FNO3/c1-26-19-12-11-17(22(25)27-2)20-16-5-3-4-6-18(16)24(21(19)20)13-14-7-9-15(23)10-8-14/h7-12H,3-6,13H2,1-2H3. The van der Waals surface area contributed by atoms with Crippen LogP contribution in [0.25, 0.3) is 10.9 Å². The summed E-state index contributed by atoms with van der Waals surface area (Å²) in [4.78, 5) is 12.4. The number of fused-ring (bicyclic) bond motifs is 3. The highest BCUT2D eigenvalue weighted by atomic mass is 19.1. The Morgan fingerprint density at radius 3 is 2.52 bits per heavy atom. The van der Waals surface area contributed by atoms with E-state index in [4.69, 9.17) is 9.47 Å². The zero-order valence-electron chi connectivity index (χ0n) is 15.5. The van der Waals surface area contributed by atoms with Crippen molar-refractivity contribution in [3.63, 3.8) is 0 Å². The van der Waals surface area contributed by atoms with Crippen LogP contribution >= 0.6 is 0 Å². The Balaban J connectivity index is 1.99. The summed E-state index contributed by atoms with van der Waals surface area (Å²) in [7, 11) is 3.04. The van der Waals surface area contributed by atoms with Crippen LogP contribution in [0.15, 0.2) is 36.4 Å². The number of aryl methyl sites for hydroxylation is 1. The fraction of sp³-hybridized carbons (Fsp3) is 0.318. The van der Waals surface area contributed by atoms with Crippen molar-refractivity contribution < 1.29 is 18.7 Å². The van der Waals surface area contributed by atoms with Crippen molar-refractivity contribution in [2.45, 2.75) is 32.2 Å². The molecule has 2 aromatic carbocycles. The molecule has 0 unspecified atom stereocenters. The van der Waals surface area contributed by atoms with Gasteiger partial charge in [0.25, 0.3) is 0 Å². The maximum atomic E-state index is 13.3. The van der Waals surface area contributed by atoms with Crippen LogP contribution in [0.5, 0.6) is 5.75 Å². The fourth-order valence-electron chi connectivity index (χ4n) is 4.13. The summed E-state index contributed by atoms with van der Waals surface area (Å²) in [6.07, 6.45) is 4.09. The number of hydrogen-bond donors (Lipinski definition) is 0. The second-order valence-electron chi connectivity index (χ2n) is 6.88. The van der Waals surface area contributed by atoms with E-state index in [2.05, 4.69) is 4.57 Å². The van der Waals surface area contributed by atoms with Crippen molar-refractivity contribution in [1.82, 2.24) is 4.57 Å². The van der Waals surface area contributed by atoms with Crippen LogP contribution in [0.4, 0.5) is 4.39 Å². The van der Waals surface area contributed by atoms with Crippen molar-refractivity contribution in [3.8, 4) is 5.75 Å². The first-order valence-electron chi connectivity index (χ1n) is 9.17. The maximum absolute atomic E-state index is 13.3. The van der Waals surface area contributed by atoms with Gasteiger partial charge in [-0.15, -0.1) is 0 Å². The number of nitrogens with zero attached hydrogens (tertiary/aromatic N) is 1. The molecule has 5 heteroatoms. The van der Waals surface area contributed by atoms with E-state index in [1.54, 1.807) is 25.3 Å². The topological polar surface area (TPSA) is 40.5 Å². The molecule has 3 aromatic rings. The molecule has 140 valence electrons. The molecule has 0 saturated heterocycles. The molecule has 4 nitrogen and oxygen atoms in total. The zero-order valence-corrected chi connectivity index (χ0v) is 15.5. The highest BCUT2D eigenvalue weighted by Gasteiger charge is 2.26. The van der Waals surface area contributed by atoms with Gasteiger partial charge in [0.05, 0.1) is 25.3 Å². The number of esters is 1. The molecule has 1 aliphatic carbocycles. The summed E-state index contributed by atoms with van der Waals surface area (Å²) in [6, 6.07) is 10.2. The lowest BCUT2D eigenvalue weighted by molar-refractivity contribution is 0.0603. The smallest absolute Gasteiger partial charge is 0.338 e. The van der Waals surface area contributed by atoms with Gasteiger partial charge in [-0.2, -0.15) is 0 Å². The molecule has 1 heterocycles. The highest BCUT2D eigenvalue weighted by Crippen LogP contribution is 2.39. The van der Waals surface area contributed by atoms with Crippen molar-refractivity contribution in [1.29, 1.82) is 0 Å². The van der Waals surface area contributed by atoms with E-state index in [9.17, 15) is 9.18 Å². The van der Waals surface area contributed by atoms with Crippen LogP contribution in [0.2, 0.25) is 0 Å². The number of ether oxygens (including phenoxy) is 2. The number of carbonyl (C=O) groups excluding carboxylic acids is 1. The maximum Gasteiger partial charge on any atom is 0.338 e. The molecule has 1 aliphatic rings. The summed E-state index contributed by atoms with van der Waals surface area (Å²) in [5, 5.41) is 0.929. The molecular formula is C22H22FNO3. The predicted octanol–water partition coefficient (Wildman–Crippen LogP) is 4.50. The number of rotatable bonds is 4. The van der Waals surface area contributed by atoms with Crippen molar-refractivity contribution in [2.75, 3.05) is 14.2 Å². The first-order chi connectivity index (χ1) is 13.1. The molecule has 0 amide bonds. The van der Waals surface area contributed by atoms with E-state index in [-0.39, 0.29) is 11.8 Å².